The van der Waals surface area contributed by atoms with Gasteiger partial charge in [0.1, 0.15) is 5.75 Å². The second-order valence-electron chi connectivity index (χ2n) is 6.68. The Bertz CT molecular complexity index is 878. The van der Waals surface area contributed by atoms with Gasteiger partial charge in [-0.05, 0) is 64.8 Å². The average Bonchev–Trinajstić information content (AvgIpc) is 3.19. The first kappa shape index (κ1) is 21.1. The van der Waals surface area contributed by atoms with Crippen LogP contribution in [0.15, 0.2) is 55.8 Å². The van der Waals surface area contributed by atoms with Gasteiger partial charge in [-0.2, -0.15) is 0 Å². The van der Waals surface area contributed by atoms with Gasteiger partial charge in [-0.1, -0.05) is 55.0 Å². The van der Waals surface area contributed by atoms with Crippen LogP contribution >= 0.6 is 31.9 Å². The van der Waals surface area contributed by atoms with Crippen LogP contribution in [0.3, 0.4) is 0 Å². The first-order chi connectivity index (χ1) is 13.7. The van der Waals surface area contributed by atoms with E-state index in [1.807, 2.05) is 42.5 Å². The fraction of sp³-hybridized carbons (Fsp3) is 0.364. The maximum absolute atomic E-state index is 5.86. The van der Waals surface area contributed by atoms with Crippen molar-refractivity contribution in [3.05, 3.63) is 51.4 Å². The summed E-state index contributed by atoms with van der Waals surface area (Å²) in [5.41, 5.74) is 1.73. The largest absolute Gasteiger partial charge is 0.494 e. The zero-order valence-electron chi connectivity index (χ0n) is 16.0. The molecule has 0 unspecified atom stereocenters. The number of hydrogen-bond donors (Lipinski definition) is 0. The number of benzene rings is 2. The molecule has 0 fully saturated rings. The first-order valence-electron chi connectivity index (χ1n) is 9.69. The van der Waals surface area contributed by atoms with Crippen molar-refractivity contribution < 1.29 is 9.15 Å². The molecule has 0 spiro atoms. The van der Waals surface area contributed by atoms with Crippen molar-refractivity contribution in [2.45, 2.75) is 45.4 Å². The van der Waals surface area contributed by atoms with Gasteiger partial charge in [0.2, 0.25) is 11.8 Å². The average molecular weight is 508 g/mol. The maximum Gasteiger partial charge on any atom is 0.249 e. The van der Waals surface area contributed by atoms with Gasteiger partial charge in [-0.15, -0.1) is 10.2 Å². The molecule has 3 aromatic rings. The number of rotatable bonds is 10. The summed E-state index contributed by atoms with van der Waals surface area (Å²) in [6, 6.07) is 13.6. The zero-order valence-corrected chi connectivity index (χ0v) is 19.1. The fourth-order valence-corrected chi connectivity index (χ4v) is 3.65. The van der Waals surface area contributed by atoms with Crippen LogP contribution in [0.1, 0.15) is 45.4 Å². The summed E-state index contributed by atoms with van der Waals surface area (Å²) in [4.78, 5) is 0. The molecule has 0 bridgehead atoms. The topological polar surface area (TPSA) is 48.2 Å². The van der Waals surface area contributed by atoms with Gasteiger partial charge < -0.3 is 9.15 Å². The molecule has 2 aromatic carbocycles. The summed E-state index contributed by atoms with van der Waals surface area (Å²) in [5, 5.41) is 8.36. The molecule has 0 aliphatic rings. The predicted octanol–water partition coefficient (Wildman–Crippen LogP) is 7.67. The fourth-order valence-electron chi connectivity index (χ4n) is 2.88. The normalized spacial score (nSPS) is 11.0. The van der Waals surface area contributed by atoms with Crippen LogP contribution in [0.2, 0.25) is 0 Å². The van der Waals surface area contributed by atoms with E-state index in [-0.39, 0.29) is 0 Å². The van der Waals surface area contributed by atoms with Gasteiger partial charge in [0.15, 0.2) is 0 Å². The third-order valence-electron chi connectivity index (χ3n) is 4.45. The summed E-state index contributed by atoms with van der Waals surface area (Å²) in [7, 11) is 0. The smallest absolute Gasteiger partial charge is 0.249 e. The lowest BCUT2D eigenvalue weighted by atomic mass is 10.1. The summed E-state index contributed by atoms with van der Waals surface area (Å²) >= 11 is 6.99. The maximum atomic E-state index is 5.86. The zero-order chi connectivity index (χ0) is 19.8. The van der Waals surface area contributed by atoms with Crippen molar-refractivity contribution in [3.8, 4) is 28.7 Å². The van der Waals surface area contributed by atoms with E-state index in [9.17, 15) is 0 Å². The third-order valence-corrected chi connectivity index (χ3v) is 5.64. The molecular weight excluding hydrogens is 484 g/mol. The van der Waals surface area contributed by atoms with Crippen LogP contribution in [0.25, 0.3) is 22.9 Å². The molecule has 0 aliphatic carbocycles. The lowest BCUT2D eigenvalue weighted by Gasteiger charge is -2.06. The lowest BCUT2D eigenvalue weighted by molar-refractivity contribution is 0.304. The molecule has 1 aromatic heterocycles. The molecular formula is C22H24Br2N2O2. The minimum absolute atomic E-state index is 0.478. The highest BCUT2D eigenvalue weighted by atomic mass is 79.9. The van der Waals surface area contributed by atoms with Crippen molar-refractivity contribution in [2.24, 2.45) is 0 Å². The second kappa shape index (κ2) is 10.8. The van der Waals surface area contributed by atoms with Crippen LogP contribution < -0.4 is 4.74 Å². The van der Waals surface area contributed by atoms with E-state index in [4.69, 9.17) is 9.15 Å². The van der Waals surface area contributed by atoms with Gasteiger partial charge in [0.05, 0.1) is 12.2 Å². The van der Waals surface area contributed by atoms with E-state index in [0.29, 0.717) is 11.8 Å². The number of nitrogens with zero attached hydrogens (tertiary/aromatic N) is 2. The van der Waals surface area contributed by atoms with Gasteiger partial charge in [-0.3, -0.25) is 0 Å². The first-order valence-corrected chi connectivity index (χ1v) is 11.3. The molecule has 0 atom stereocenters. The Morgan fingerprint density at radius 2 is 1.57 bits per heavy atom. The molecule has 0 radical (unpaired) electrons. The molecule has 3 rings (SSSR count). The highest BCUT2D eigenvalue weighted by Crippen LogP contribution is 2.32. The highest BCUT2D eigenvalue weighted by molar-refractivity contribution is 9.11. The van der Waals surface area contributed by atoms with Crippen molar-refractivity contribution in [2.75, 3.05) is 6.61 Å². The van der Waals surface area contributed by atoms with Gasteiger partial charge in [-0.25, -0.2) is 0 Å². The number of unbranched alkanes of at least 4 members (excludes halogenated alkanes) is 5. The monoisotopic (exact) mass is 506 g/mol. The molecule has 0 saturated heterocycles. The van der Waals surface area contributed by atoms with E-state index in [1.54, 1.807) is 0 Å². The minimum Gasteiger partial charge on any atom is -0.494 e. The Balaban J connectivity index is 1.55. The molecule has 1 heterocycles. The standard InChI is InChI=1S/C22H24Br2N2O2/c1-2-3-4-5-6-7-14-27-18-11-8-16(9-12-18)21-25-26-22(28-21)19-15-17(23)10-13-20(19)24/h8-13,15H,2-7,14H2,1H3. The molecule has 148 valence electrons. The van der Waals surface area contributed by atoms with Crippen molar-refractivity contribution >= 4 is 31.9 Å². The molecule has 28 heavy (non-hydrogen) atoms. The van der Waals surface area contributed by atoms with Crippen LogP contribution in [-0.4, -0.2) is 16.8 Å². The number of hydrogen-bond acceptors (Lipinski definition) is 4. The van der Waals surface area contributed by atoms with Crippen LogP contribution in [0.5, 0.6) is 5.75 Å². The SMILES string of the molecule is CCCCCCCCOc1ccc(-c2nnc(-c3cc(Br)ccc3Br)o2)cc1. The quantitative estimate of drug-likeness (QED) is 0.264. The van der Waals surface area contributed by atoms with Gasteiger partial charge in [0.25, 0.3) is 0 Å². The summed E-state index contributed by atoms with van der Waals surface area (Å²) in [5.74, 6) is 1.84. The lowest BCUT2D eigenvalue weighted by Crippen LogP contribution is -1.97. The van der Waals surface area contributed by atoms with Crippen LogP contribution in [-0.2, 0) is 0 Å². The van der Waals surface area contributed by atoms with Crippen LogP contribution in [0, 0.1) is 0 Å². The minimum atomic E-state index is 0.478. The molecule has 0 saturated carbocycles. The van der Waals surface area contributed by atoms with Crippen molar-refractivity contribution in [1.82, 2.24) is 10.2 Å². The number of aromatic nitrogens is 2. The molecule has 6 heteroatoms. The molecule has 0 amide bonds. The van der Waals surface area contributed by atoms with E-state index >= 15 is 0 Å². The van der Waals surface area contributed by atoms with Crippen LogP contribution in [0.4, 0.5) is 0 Å². The Labute approximate surface area is 183 Å². The third kappa shape index (κ3) is 5.92. The van der Waals surface area contributed by atoms with Crippen molar-refractivity contribution in [3.63, 3.8) is 0 Å². The molecule has 4 nitrogen and oxygen atoms in total. The van der Waals surface area contributed by atoms with Gasteiger partial charge in [0, 0.05) is 14.5 Å². The summed E-state index contributed by atoms with van der Waals surface area (Å²) in [6.45, 7) is 2.99. The second-order valence-corrected chi connectivity index (χ2v) is 8.45. The highest BCUT2D eigenvalue weighted by Gasteiger charge is 2.13. The Morgan fingerprint density at radius 3 is 2.36 bits per heavy atom. The Morgan fingerprint density at radius 1 is 0.857 bits per heavy atom. The molecule has 0 N–H and O–H groups in total. The Kier molecular flexibility index (Phi) is 8.10. The van der Waals surface area contributed by atoms with E-state index in [1.165, 1.54) is 32.1 Å². The van der Waals surface area contributed by atoms with E-state index < -0.39 is 0 Å². The Hall–Kier alpha value is -1.66. The van der Waals surface area contributed by atoms with E-state index in [0.717, 1.165) is 38.8 Å². The summed E-state index contributed by atoms with van der Waals surface area (Å²) in [6.07, 6.45) is 7.56. The van der Waals surface area contributed by atoms with Gasteiger partial charge >= 0.3 is 0 Å². The number of halogens is 2. The predicted molar refractivity (Wildman–Crippen MR) is 119 cm³/mol. The van der Waals surface area contributed by atoms with E-state index in [2.05, 4.69) is 49.0 Å². The number of ether oxygens (including phenoxy) is 1. The van der Waals surface area contributed by atoms with Crippen molar-refractivity contribution in [1.29, 1.82) is 0 Å². The molecule has 0 aliphatic heterocycles. The summed E-state index contributed by atoms with van der Waals surface area (Å²) < 4.78 is 13.6.